The summed E-state index contributed by atoms with van der Waals surface area (Å²) in [7, 11) is 0. The molecule has 31 heavy (non-hydrogen) atoms. The van der Waals surface area contributed by atoms with Crippen LogP contribution >= 0.6 is 0 Å². The van der Waals surface area contributed by atoms with Crippen molar-refractivity contribution in [1.82, 2.24) is 0 Å². The van der Waals surface area contributed by atoms with Crippen LogP contribution in [-0.4, -0.2) is 42.3 Å². The first kappa shape index (κ1) is 21.8. The maximum Gasteiger partial charge on any atom is 0.446 e. The Kier molecular flexibility index (Phi) is 6.23. The van der Waals surface area contributed by atoms with Crippen molar-refractivity contribution in [3.8, 4) is 0 Å². The summed E-state index contributed by atoms with van der Waals surface area (Å²) in [6, 6.07) is 15.5. The molecular weight excluding hydrogens is 415 g/mol. The Morgan fingerprint density at radius 1 is 1.13 bits per heavy atom. The monoisotopic (exact) mass is 433 g/mol. The molecule has 0 fully saturated rings. The number of ether oxygens (including phenoxy) is 2. The number of carbonyl (C=O) groups is 1. The van der Waals surface area contributed by atoms with Gasteiger partial charge < -0.3 is 20.5 Å². The van der Waals surface area contributed by atoms with E-state index in [0.717, 1.165) is 0 Å². The van der Waals surface area contributed by atoms with Crippen LogP contribution in [-0.2, 0) is 14.3 Å². The highest BCUT2D eigenvalue weighted by Gasteiger charge is 2.65. The van der Waals surface area contributed by atoms with Gasteiger partial charge in [0, 0.05) is 11.3 Å². The standard InChI is InChI=1S/C20H18F3N5O3/c1-2-30-16(29)19(20(21,22)23)27-15(13-9-5-3-6-10-13)31-18(28-19)26-17(24)25-14-11-7-4-8-12-14/h3-12H,2H2,1H3,(H3,24,25,26,28). The van der Waals surface area contributed by atoms with Crippen LogP contribution in [0.2, 0.25) is 0 Å². The molecule has 2 aromatic carbocycles. The van der Waals surface area contributed by atoms with Crippen LogP contribution in [0.15, 0.2) is 75.6 Å². The van der Waals surface area contributed by atoms with E-state index in [-0.39, 0.29) is 18.1 Å². The molecule has 11 heteroatoms. The summed E-state index contributed by atoms with van der Waals surface area (Å²) in [6.45, 7) is 1.06. The number of amidine groups is 1. The third-order valence-corrected chi connectivity index (χ3v) is 3.95. The first-order chi connectivity index (χ1) is 14.7. The van der Waals surface area contributed by atoms with Crippen molar-refractivity contribution in [2.45, 2.75) is 18.8 Å². The third-order valence-electron chi connectivity index (χ3n) is 3.95. The molecule has 1 unspecified atom stereocenters. The van der Waals surface area contributed by atoms with Crippen LogP contribution in [0.5, 0.6) is 0 Å². The van der Waals surface area contributed by atoms with Crippen LogP contribution in [0.1, 0.15) is 12.5 Å². The highest BCUT2D eigenvalue weighted by atomic mass is 19.4. The van der Waals surface area contributed by atoms with Crippen molar-refractivity contribution in [3.05, 3.63) is 66.2 Å². The average Bonchev–Trinajstić information content (AvgIpc) is 2.74. The fourth-order valence-electron chi connectivity index (χ4n) is 2.56. The lowest BCUT2D eigenvalue weighted by molar-refractivity contribution is -0.204. The van der Waals surface area contributed by atoms with Crippen molar-refractivity contribution in [2.75, 3.05) is 11.9 Å². The lowest BCUT2D eigenvalue weighted by Crippen LogP contribution is -2.53. The number of guanidine groups is 1. The minimum absolute atomic E-state index is 0.178. The molecular formula is C20H18F3N5O3. The lowest BCUT2D eigenvalue weighted by Gasteiger charge is -2.29. The molecule has 8 nitrogen and oxygen atoms in total. The van der Waals surface area contributed by atoms with Crippen molar-refractivity contribution >= 4 is 29.5 Å². The van der Waals surface area contributed by atoms with Crippen LogP contribution in [0.25, 0.3) is 0 Å². The van der Waals surface area contributed by atoms with E-state index in [2.05, 4.69) is 25.0 Å². The van der Waals surface area contributed by atoms with Crippen molar-refractivity contribution in [3.63, 3.8) is 0 Å². The fourth-order valence-corrected chi connectivity index (χ4v) is 2.56. The molecule has 1 aliphatic rings. The van der Waals surface area contributed by atoms with Gasteiger partial charge in [-0.1, -0.05) is 36.4 Å². The van der Waals surface area contributed by atoms with E-state index in [1.165, 1.54) is 19.1 Å². The van der Waals surface area contributed by atoms with Crippen molar-refractivity contribution in [2.24, 2.45) is 20.7 Å². The van der Waals surface area contributed by atoms with Gasteiger partial charge in [-0.05, 0) is 31.2 Å². The third kappa shape index (κ3) is 4.82. The van der Waals surface area contributed by atoms with Crippen LogP contribution in [0, 0.1) is 0 Å². The van der Waals surface area contributed by atoms with Crippen molar-refractivity contribution < 1.29 is 27.4 Å². The number of anilines is 1. The minimum atomic E-state index is -5.23. The van der Waals surface area contributed by atoms with Gasteiger partial charge in [-0.3, -0.25) is 0 Å². The quantitative estimate of drug-likeness (QED) is 0.437. The van der Waals surface area contributed by atoms with Gasteiger partial charge in [0.05, 0.1) is 6.61 Å². The molecule has 0 radical (unpaired) electrons. The van der Waals surface area contributed by atoms with E-state index in [9.17, 15) is 18.0 Å². The van der Waals surface area contributed by atoms with E-state index in [1.54, 1.807) is 48.5 Å². The zero-order chi connectivity index (χ0) is 22.5. The Balaban J connectivity index is 2.08. The van der Waals surface area contributed by atoms with Crippen LogP contribution in [0.3, 0.4) is 0 Å². The Morgan fingerprint density at radius 3 is 2.32 bits per heavy atom. The molecule has 0 saturated carbocycles. The highest BCUT2D eigenvalue weighted by molar-refractivity contribution is 6.09. The minimum Gasteiger partial charge on any atom is -0.462 e. The van der Waals surface area contributed by atoms with Crippen LogP contribution in [0.4, 0.5) is 18.9 Å². The Hall–Kier alpha value is -3.89. The average molecular weight is 433 g/mol. The summed E-state index contributed by atoms with van der Waals surface area (Å²) in [5.74, 6) is -2.52. The summed E-state index contributed by atoms with van der Waals surface area (Å²) in [6.07, 6.45) is -5.23. The van der Waals surface area contributed by atoms with Gasteiger partial charge in [0.1, 0.15) is 0 Å². The number of rotatable bonds is 4. The van der Waals surface area contributed by atoms with Gasteiger partial charge in [0.15, 0.2) is 0 Å². The molecule has 3 N–H and O–H groups in total. The van der Waals surface area contributed by atoms with Crippen molar-refractivity contribution in [1.29, 1.82) is 0 Å². The number of halogens is 3. The van der Waals surface area contributed by atoms with Gasteiger partial charge in [-0.2, -0.15) is 28.1 Å². The highest BCUT2D eigenvalue weighted by Crippen LogP contribution is 2.39. The molecule has 0 bridgehead atoms. The van der Waals surface area contributed by atoms with E-state index < -0.39 is 29.7 Å². The van der Waals surface area contributed by atoms with E-state index in [0.29, 0.717) is 5.69 Å². The molecule has 0 aromatic heterocycles. The summed E-state index contributed by atoms with van der Waals surface area (Å²) < 4.78 is 52.1. The molecule has 2 aromatic rings. The first-order valence-electron chi connectivity index (χ1n) is 9.08. The van der Waals surface area contributed by atoms with E-state index in [4.69, 9.17) is 10.5 Å². The number of nitrogens with one attached hydrogen (secondary N) is 1. The second kappa shape index (κ2) is 8.86. The van der Waals surface area contributed by atoms with Gasteiger partial charge in [0.2, 0.25) is 11.9 Å². The summed E-state index contributed by atoms with van der Waals surface area (Å²) in [4.78, 5) is 23.0. The predicted molar refractivity (Wildman–Crippen MR) is 109 cm³/mol. The zero-order valence-corrected chi connectivity index (χ0v) is 16.3. The number of nitrogens with two attached hydrogens (primary N) is 1. The smallest absolute Gasteiger partial charge is 0.446 e. The summed E-state index contributed by atoms with van der Waals surface area (Å²) >= 11 is 0. The number of esters is 1. The SMILES string of the molecule is CCOC(=O)C1(C(F)(F)F)N=C(/N=C(\N)Nc2ccccc2)OC(c2ccccc2)=N1. The number of hydrogen-bond acceptors (Lipinski definition) is 6. The van der Waals surface area contributed by atoms with Gasteiger partial charge in [-0.25, -0.2) is 4.79 Å². The maximum atomic E-state index is 14.1. The van der Waals surface area contributed by atoms with Gasteiger partial charge >= 0.3 is 23.8 Å². The van der Waals surface area contributed by atoms with Gasteiger partial charge in [0.25, 0.3) is 0 Å². The Labute approximate surface area is 175 Å². The molecule has 0 amide bonds. The lowest BCUT2D eigenvalue weighted by atomic mass is 10.1. The second-order valence-corrected chi connectivity index (χ2v) is 6.16. The molecule has 162 valence electrons. The fraction of sp³-hybridized carbons (Fsp3) is 0.200. The van der Waals surface area contributed by atoms with E-state index >= 15 is 0 Å². The number of nitrogens with zero attached hydrogens (tertiary/aromatic N) is 3. The molecule has 3 rings (SSSR count). The molecule has 1 atom stereocenters. The number of benzene rings is 2. The zero-order valence-electron chi connectivity index (χ0n) is 16.3. The normalized spacial score (nSPS) is 19.0. The molecule has 1 aliphatic heterocycles. The number of aliphatic imine (C=N–C) groups is 3. The molecule has 0 aliphatic carbocycles. The number of carbonyl (C=O) groups excluding carboxylic acids is 1. The second-order valence-electron chi connectivity index (χ2n) is 6.16. The summed E-state index contributed by atoms with van der Waals surface area (Å²) in [5, 5.41) is 2.69. The van der Waals surface area contributed by atoms with E-state index in [1.807, 2.05) is 0 Å². The number of alkyl halides is 3. The Morgan fingerprint density at radius 2 is 1.74 bits per heavy atom. The first-order valence-corrected chi connectivity index (χ1v) is 9.08. The molecule has 0 spiro atoms. The largest absolute Gasteiger partial charge is 0.462 e. The van der Waals surface area contributed by atoms with Gasteiger partial charge in [-0.15, -0.1) is 0 Å². The Bertz CT molecular complexity index is 1020. The molecule has 0 saturated heterocycles. The predicted octanol–water partition coefficient (Wildman–Crippen LogP) is 3.07. The molecule has 1 heterocycles. The topological polar surface area (TPSA) is 111 Å². The summed E-state index contributed by atoms with van der Waals surface area (Å²) in [5.41, 5.74) is 2.92. The van der Waals surface area contributed by atoms with Crippen LogP contribution < -0.4 is 11.1 Å². The number of hydrogen-bond donors (Lipinski definition) is 2. The number of para-hydroxylation sites is 1. The maximum absolute atomic E-state index is 14.1.